The molecule has 1 aliphatic rings. The van der Waals surface area contributed by atoms with E-state index in [1.54, 1.807) is 0 Å². The summed E-state index contributed by atoms with van der Waals surface area (Å²) in [6.45, 7) is 13.7. The van der Waals surface area contributed by atoms with E-state index in [-0.39, 0.29) is 24.0 Å². The predicted octanol–water partition coefficient (Wildman–Crippen LogP) is 3.74. The Morgan fingerprint density at radius 2 is 1.76 bits per heavy atom. The molecule has 1 saturated heterocycles. The van der Waals surface area contributed by atoms with Crippen molar-refractivity contribution >= 4 is 29.9 Å². The van der Waals surface area contributed by atoms with Crippen molar-refractivity contribution in [2.75, 3.05) is 39.4 Å². The highest BCUT2D eigenvalue weighted by molar-refractivity contribution is 14.0. The number of benzene rings is 1. The quantitative estimate of drug-likeness (QED) is 0.246. The van der Waals surface area contributed by atoms with E-state index in [1.807, 2.05) is 18.7 Å². The zero-order valence-corrected chi connectivity index (χ0v) is 22.7. The monoisotopic (exact) mass is 568 g/mol. The number of ether oxygens (including phenoxy) is 1. The van der Waals surface area contributed by atoms with Gasteiger partial charge in [-0.05, 0) is 24.0 Å². The fourth-order valence-corrected chi connectivity index (χ4v) is 4.39. The summed E-state index contributed by atoms with van der Waals surface area (Å²) in [4.78, 5) is 11.6. The highest BCUT2D eigenvalue weighted by Crippen LogP contribution is 2.19. The number of nitrogens with one attached hydrogen (secondary N) is 2. The van der Waals surface area contributed by atoms with Crippen LogP contribution in [-0.4, -0.2) is 65.8 Å². The molecule has 184 valence electrons. The third-order valence-electron chi connectivity index (χ3n) is 6.30. The molecule has 1 atom stereocenters. The highest BCUT2D eigenvalue weighted by atomic mass is 127. The van der Waals surface area contributed by atoms with Gasteiger partial charge in [-0.3, -0.25) is 4.90 Å². The highest BCUT2D eigenvalue weighted by Gasteiger charge is 2.27. The summed E-state index contributed by atoms with van der Waals surface area (Å²) in [5.74, 6) is 1.56. The first-order valence-electron chi connectivity index (χ1n) is 12.1. The third-order valence-corrected chi connectivity index (χ3v) is 6.30. The number of guanidine groups is 1. The van der Waals surface area contributed by atoms with E-state index in [1.165, 1.54) is 24.0 Å². The SMILES string of the molecule is CCNC(=NCc1ccc(Cn2ccnc2)cc1)NCC(C(CC)CC)N1CCOCC1.I. The molecule has 0 amide bonds. The maximum Gasteiger partial charge on any atom is 0.191 e. The molecule has 1 aromatic carbocycles. The Bertz CT molecular complexity index is 786. The van der Waals surface area contributed by atoms with Crippen molar-refractivity contribution in [1.29, 1.82) is 0 Å². The Morgan fingerprint density at radius 3 is 2.36 bits per heavy atom. The fraction of sp³-hybridized carbons (Fsp3) is 0.600. The molecule has 0 bridgehead atoms. The molecule has 2 aromatic rings. The van der Waals surface area contributed by atoms with E-state index in [2.05, 4.69) is 70.1 Å². The first kappa shape index (κ1) is 27.6. The van der Waals surface area contributed by atoms with Crippen LogP contribution in [0.3, 0.4) is 0 Å². The normalized spacial score (nSPS) is 15.8. The Kier molecular flexibility index (Phi) is 12.8. The second-order valence-corrected chi connectivity index (χ2v) is 8.42. The van der Waals surface area contributed by atoms with Gasteiger partial charge in [-0.2, -0.15) is 0 Å². The van der Waals surface area contributed by atoms with Crippen molar-refractivity contribution < 1.29 is 4.74 Å². The minimum Gasteiger partial charge on any atom is -0.379 e. The van der Waals surface area contributed by atoms with E-state index in [0.29, 0.717) is 18.5 Å². The molecular formula is C25H41IN6O. The van der Waals surface area contributed by atoms with Gasteiger partial charge in [-0.25, -0.2) is 9.98 Å². The van der Waals surface area contributed by atoms with Crippen LogP contribution in [0.15, 0.2) is 48.0 Å². The lowest BCUT2D eigenvalue weighted by Gasteiger charge is -2.39. The van der Waals surface area contributed by atoms with Gasteiger partial charge < -0.3 is 19.9 Å². The fourth-order valence-electron chi connectivity index (χ4n) is 4.39. The lowest BCUT2D eigenvalue weighted by molar-refractivity contribution is 0.00272. The summed E-state index contributed by atoms with van der Waals surface area (Å²) >= 11 is 0. The van der Waals surface area contributed by atoms with Gasteiger partial charge >= 0.3 is 0 Å². The molecule has 1 aliphatic heterocycles. The molecule has 0 radical (unpaired) electrons. The first-order valence-corrected chi connectivity index (χ1v) is 12.1. The summed E-state index contributed by atoms with van der Waals surface area (Å²) in [5, 5.41) is 7.04. The van der Waals surface area contributed by atoms with Gasteiger partial charge in [0.05, 0.1) is 26.1 Å². The van der Waals surface area contributed by atoms with Crippen molar-refractivity contribution in [3.8, 4) is 0 Å². The topological polar surface area (TPSA) is 66.7 Å². The van der Waals surface area contributed by atoms with Gasteiger partial charge in [-0.1, -0.05) is 51.0 Å². The standard InChI is InChI=1S/C25H40N6O.HI/c1-4-23(5-2)24(31-13-15-32-16-14-31)18-29-25(27-6-3)28-17-21-7-9-22(10-8-21)19-30-12-11-26-20-30;/h7-12,20,23-24H,4-6,13-19H2,1-3H3,(H2,27,28,29);1H. The van der Waals surface area contributed by atoms with Crippen LogP contribution in [0.2, 0.25) is 0 Å². The van der Waals surface area contributed by atoms with Gasteiger partial charge in [0.2, 0.25) is 0 Å². The molecule has 0 aliphatic carbocycles. The molecule has 1 fully saturated rings. The number of halogens is 1. The smallest absolute Gasteiger partial charge is 0.191 e. The Morgan fingerprint density at radius 1 is 1.06 bits per heavy atom. The zero-order valence-electron chi connectivity index (χ0n) is 20.4. The van der Waals surface area contributed by atoms with Crippen molar-refractivity contribution in [2.24, 2.45) is 10.9 Å². The van der Waals surface area contributed by atoms with E-state index in [9.17, 15) is 0 Å². The molecule has 3 rings (SSSR count). The summed E-state index contributed by atoms with van der Waals surface area (Å²) in [6, 6.07) is 9.18. The number of hydrogen-bond donors (Lipinski definition) is 2. The van der Waals surface area contributed by atoms with Crippen LogP contribution in [0.4, 0.5) is 0 Å². The van der Waals surface area contributed by atoms with Gasteiger partial charge in [0.15, 0.2) is 5.96 Å². The molecule has 2 N–H and O–H groups in total. The van der Waals surface area contributed by atoms with Gasteiger partial charge in [0.1, 0.15) is 0 Å². The van der Waals surface area contributed by atoms with E-state index in [0.717, 1.165) is 51.9 Å². The summed E-state index contributed by atoms with van der Waals surface area (Å²) in [5.41, 5.74) is 2.47. The zero-order chi connectivity index (χ0) is 22.6. The molecule has 0 saturated carbocycles. The number of morpholine rings is 1. The predicted molar refractivity (Wildman–Crippen MR) is 146 cm³/mol. The van der Waals surface area contributed by atoms with Crippen LogP contribution in [-0.2, 0) is 17.8 Å². The van der Waals surface area contributed by atoms with Crippen LogP contribution in [0.25, 0.3) is 0 Å². The number of imidazole rings is 1. The Labute approximate surface area is 216 Å². The second-order valence-electron chi connectivity index (χ2n) is 8.42. The lowest BCUT2D eigenvalue weighted by Crippen LogP contribution is -2.53. The minimum atomic E-state index is 0. The van der Waals surface area contributed by atoms with Crippen molar-refractivity contribution in [3.63, 3.8) is 0 Å². The van der Waals surface area contributed by atoms with Crippen LogP contribution >= 0.6 is 24.0 Å². The van der Waals surface area contributed by atoms with Gasteiger partial charge in [-0.15, -0.1) is 24.0 Å². The summed E-state index contributed by atoms with van der Waals surface area (Å²) in [7, 11) is 0. The average Bonchev–Trinajstić information content (AvgIpc) is 3.34. The minimum absolute atomic E-state index is 0. The van der Waals surface area contributed by atoms with Crippen LogP contribution in [0.5, 0.6) is 0 Å². The van der Waals surface area contributed by atoms with E-state index >= 15 is 0 Å². The molecule has 2 heterocycles. The molecule has 7 nitrogen and oxygen atoms in total. The summed E-state index contributed by atoms with van der Waals surface area (Å²) in [6.07, 6.45) is 8.03. The number of hydrogen-bond acceptors (Lipinski definition) is 4. The number of aromatic nitrogens is 2. The average molecular weight is 569 g/mol. The molecular weight excluding hydrogens is 527 g/mol. The molecule has 33 heavy (non-hydrogen) atoms. The van der Waals surface area contributed by atoms with Crippen LogP contribution < -0.4 is 10.6 Å². The third kappa shape index (κ3) is 8.90. The molecule has 1 unspecified atom stereocenters. The van der Waals surface area contributed by atoms with Crippen molar-refractivity contribution in [2.45, 2.75) is 52.7 Å². The van der Waals surface area contributed by atoms with Crippen molar-refractivity contribution in [3.05, 3.63) is 54.1 Å². The van der Waals surface area contributed by atoms with Crippen LogP contribution in [0.1, 0.15) is 44.7 Å². The van der Waals surface area contributed by atoms with Gasteiger partial charge in [0.25, 0.3) is 0 Å². The Hall–Kier alpha value is -1.65. The lowest BCUT2D eigenvalue weighted by atomic mass is 9.92. The molecule has 1 aromatic heterocycles. The van der Waals surface area contributed by atoms with Gasteiger partial charge in [0, 0.05) is 51.2 Å². The second kappa shape index (κ2) is 15.3. The number of aliphatic imine (C=N–C) groups is 1. The maximum atomic E-state index is 5.58. The molecule has 0 spiro atoms. The van der Waals surface area contributed by atoms with Crippen molar-refractivity contribution in [1.82, 2.24) is 25.1 Å². The maximum absolute atomic E-state index is 5.58. The summed E-state index contributed by atoms with van der Waals surface area (Å²) < 4.78 is 7.66. The molecule has 8 heteroatoms. The number of nitrogens with zero attached hydrogens (tertiary/aromatic N) is 4. The van der Waals surface area contributed by atoms with Crippen LogP contribution in [0, 0.1) is 5.92 Å². The van der Waals surface area contributed by atoms with E-state index < -0.39 is 0 Å². The first-order chi connectivity index (χ1) is 15.7. The Balaban J connectivity index is 0.00000385. The number of rotatable bonds is 11. The largest absolute Gasteiger partial charge is 0.379 e. The van der Waals surface area contributed by atoms with E-state index in [4.69, 9.17) is 9.73 Å².